The number of likely N-dealkylation sites (N-methyl/N-ethyl adjacent to an activating group) is 1. The van der Waals surface area contributed by atoms with E-state index in [1.165, 1.54) is 6.26 Å². The Hall–Kier alpha value is -4.70. The normalized spacial score (nSPS) is 11.4. The van der Waals surface area contributed by atoms with Gasteiger partial charge in [-0.05, 0) is 55.2 Å². The van der Waals surface area contributed by atoms with Crippen LogP contribution in [0.15, 0.2) is 99.1 Å². The highest BCUT2D eigenvalue weighted by atomic mass is 32.2. The molecule has 1 amide bonds. The van der Waals surface area contributed by atoms with Crippen LogP contribution in [0.1, 0.15) is 22.4 Å². The molecule has 0 aliphatic heterocycles. The Kier molecular flexibility index (Phi) is 8.02. The van der Waals surface area contributed by atoms with Crippen molar-refractivity contribution in [3.8, 4) is 22.6 Å². The Bertz CT molecular complexity index is 1760. The van der Waals surface area contributed by atoms with Crippen LogP contribution in [0.4, 0.5) is 5.88 Å². The van der Waals surface area contributed by atoms with Gasteiger partial charge in [-0.1, -0.05) is 59.8 Å². The lowest BCUT2D eigenvalue weighted by Crippen LogP contribution is -2.30. The van der Waals surface area contributed by atoms with Gasteiger partial charge in [-0.25, -0.2) is 18.1 Å². The van der Waals surface area contributed by atoms with Crippen LogP contribution in [0, 0.1) is 13.8 Å². The number of nitrogens with zero attached hydrogens (tertiary/aromatic N) is 3. The number of benzene rings is 3. The average molecular weight is 571 g/mol. The van der Waals surface area contributed by atoms with Gasteiger partial charge in [-0.3, -0.25) is 4.79 Å². The molecule has 0 unspecified atom stereocenters. The number of aromatic nitrogens is 2. The number of carbonyl (C=O) groups is 1. The van der Waals surface area contributed by atoms with E-state index in [-0.39, 0.29) is 16.7 Å². The Labute approximate surface area is 238 Å². The van der Waals surface area contributed by atoms with E-state index >= 15 is 0 Å². The number of nitrogens with one attached hydrogen (secondary N) is 1. The summed E-state index contributed by atoms with van der Waals surface area (Å²) < 4.78 is 40.4. The SMILES string of the molecule is Cc1noc(NS(=O)(=O)c2ccccc2-c2ccc(-c3ncco3)cc2CCN(C)C(=O)Cc2ccccc2)c1C. The summed E-state index contributed by atoms with van der Waals surface area (Å²) in [6.07, 6.45) is 3.84. The van der Waals surface area contributed by atoms with Crippen LogP contribution in [0.2, 0.25) is 0 Å². The zero-order valence-corrected chi connectivity index (χ0v) is 23.8. The fourth-order valence-electron chi connectivity index (χ4n) is 4.49. The molecule has 41 heavy (non-hydrogen) atoms. The van der Waals surface area contributed by atoms with E-state index in [1.54, 1.807) is 56.3 Å². The van der Waals surface area contributed by atoms with Gasteiger partial charge in [0, 0.05) is 30.3 Å². The lowest BCUT2D eigenvalue weighted by molar-refractivity contribution is -0.129. The summed E-state index contributed by atoms with van der Waals surface area (Å²) >= 11 is 0. The summed E-state index contributed by atoms with van der Waals surface area (Å²) in [5.41, 5.74) is 4.99. The molecule has 0 spiro atoms. The number of amides is 1. The van der Waals surface area contributed by atoms with Crippen LogP contribution in [0.25, 0.3) is 22.6 Å². The molecule has 210 valence electrons. The molecule has 0 fully saturated rings. The monoisotopic (exact) mass is 570 g/mol. The first-order valence-electron chi connectivity index (χ1n) is 13.1. The molecule has 1 N–H and O–H groups in total. The van der Waals surface area contributed by atoms with Crippen molar-refractivity contribution in [3.05, 3.63) is 108 Å². The molecule has 2 heterocycles. The van der Waals surface area contributed by atoms with E-state index in [2.05, 4.69) is 14.9 Å². The van der Waals surface area contributed by atoms with E-state index in [0.29, 0.717) is 42.1 Å². The smallest absolute Gasteiger partial charge is 0.264 e. The third-order valence-electron chi connectivity index (χ3n) is 6.98. The zero-order chi connectivity index (χ0) is 29.0. The van der Waals surface area contributed by atoms with Crippen LogP contribution in [0.5, 0.6) is 0 Å². The molecule has 0 saturated carbocycles. The highest BCUT2D eigenvalue weighted by Crippen LogP contribution is 2.34. The van der Waals surface area contributed by atoms with Crippen LogP contribution in [0.3, 0.4) is 0 Å². The first-order chi connectivity index (χ1) is 19.7. The van der Waals surface area contributed by atoms with Crippen molar-refractivity contribution in [2.24, 2.45) is 0 Å². The van der Waals surface area contributed by atoms with E-state index in [4.69, 9.17) is 8.94 Å². The molecule has 5 rings (SSSR count). The molecular formula is C31H30N4O5S. The van der Waals surface area contributed by atoms with Gasteiger partial charge in [-0.2, -0.15) is 0 Å². The molecule has 0 aliphatic rings. The van der Waals surface area contributed by atoms with Crippen molar-refractivity contribution in [2.45, 2.75) is 31.6 Å². The molecule has 0 aliphatic carbocycles. The Morgan fingerprint density at radius 3 is 2.44 bits per heavy atom. The van der Waals surface area contributed by atoms with E-state index in [9.17, 15) is 13.2 Å². The molecule has 3 aromatic carbocycles. The maximum Gasteiger partial charge on any atom is 0.264 e. The van der Waals surface area contributed by atoms with Gasteiger partial charge in [0.05, 0.1) is 23.2 Å². The van der Waals surface area contributed by atoms with Gasteiger partial charge in [0.25, 0.3) is 10.0 Å². The lowest BCUT2D eigenvalue weighted by Gasteiger charge is -2.20. The first-order valence-corrected chi connectivity index (χ1v) is 14.6. The van der Waals surface area contributed by atoms with E-state index in [1.807, 2.05) is 48.5 Å². The van der Waals surface area contributed by atoms with Gasteiger partial charge in [0.15, 0.2) is 0 Å². The second-order valence-electron chi connectivity index (χ2n) is 9.76. The third-order valence-corrected chi connectivity index (χ3v) is 8.37. The largest absolute Gasteiger partial charge is 0.445 e. The van der Waals surface area contributed by atoms with Gasteiger partial charge in [-0.15, -0.1) is 0 Å². The predicted molar refractivity (Wildman–Crippen MR) is 156 cm³/mol. The Balaban J connectivity index is 1.48. The van der Waals surface area contributed by atoms with Crippen molar-refractivity contribution >= 4 is 21.8 Å². The van der Waals surface area contributed by atoms with Gasteiger partial charge in [0.2, 0.25) is 17.7 Å². The predicted octanol–water partition coefficient (Wildman–Crippen LogP) is 5.66. The fourth-order valence-corrected chi connectivity index (χ4v) is 5.76. The maximum atomic E-state index is 13.6. The first kappa shape index (κ1) is 27.9. The topological polar surface area (TPSA) is 119 Å². The number of anilines is 1. The van der Waals surface area contributed by atoms with Crippen LogP contribution < -0.4 is 4.72 Å². The van der Waals surface area contributed by atoms with E-state index < -0.39 is 10.0 Å². The van der Waals surface area contributed by atoms with Crippen molar-refractivity contribution < 1.29 is 22.2 Å². The summed E-state index contributed by atoms with van der Waals surface area (Å²) in [5.74, 6) is 0.520. The third kappa shape index (κ3) is 6.22. The fraction of sp³-hybridized carbons (Fsp3) is 0.194. The average Bonchev–Trinajstić information content (AvgIpc) is 3.63. The summed E-state index contributed by atoms with van der Waals surface area (Å²) in [6, 6.07) is 22.0. The van der Waals surface area contributed by atoms with Crippen molar-refractivity contribution in [2.75, 3.05) is 18.3 Å². The molecule has 0 bridgehead atoms. The van der Waals surface area contributed by atoms with Crippen LogP contribution in [-0.4, -0.2) is 43.0 Å². The molecule has 2 aromatic heterocycles. The highest BCUT2D eigenvalue weighted by molar-refractivity contribution is 7.92. The molecule has 10 heteroatoms. The Morgan fingerprint density at radius 2 is 1.73 bits per heavy atom. The number of aryl methyl sites for hydroxylation is 1. The van der Waals surface area contributed by atoms with Crippen molar-refractivity contribution in [3.63, 3.8) is 0 Å². The van der Waals surface area contributed by atoms with Gasteiger partial charge >= 0.3 is 0 Å². The molecule has 5 aromatic rings. The lowest BCUT2D eigenvalue weighted by atomic mass is 9.95. The second kappa shape index (κ2) is 11.8. The standard InChI is InChI=1S/C31H30N4O5S/c1-21-22(2)33-40-30(21)34-41(37,38)28-12-8-7-11-27(28)26-14-13-25(31-32-16-18-39-31)20-24(26)15-17-35(3)29(36)19-23-9-5-4-6-10-23/h4-14,16,18,20,34H,15,17,19H2,1-3H3. The number of hydrogen-bond acceptors (Lipinski definition) is 7. The van der Waals surface area contributed by atoms with Gasteiger partial charge < -0.3 is 13.8 Å². The summed E-state index contributed by atoms with van der Waals surface area (Å²) in [4.78, 5) is 19.0. The number of hydrogen-bond donors (Lipinski definition) is 1. The second-order valence-corrected chi connectivity index (χ2v) is 11.4. The minimum Gasteiger partial charge on any atom is -0.445 e. The number of carbonyl (C=O) groups excluding carboxylic acids is 1. The minimum atomic E-state index is -4.03. The summed E-state index contributed by atoms with van der Waals surface area (Å²) in [7, 11) is -2.26. The number of oxazole rings is 1. The van der Waals surface area contributed by atoms with Crippen molar-refractivity contribution in [1.29, 1.82) is 0 Å². The minimum absolute atomic E-state index is 0.00787. The molecule has 0 saturated heterocycles. The van der Waals surface area contributed by atoms with Crippen LogP contribution >= 0.6 is 0 Å². The number of sulfonamides is 1. The highest BCUT2D eigenvalue weighted by Gasteiger charge is 2.24. The zero-order valence-electron chi connectivity index (χ0n) is 23.0. The summed E-state index contributed by atoms with van der Waals surface area (Å²) in [6.45, 7) is 3.91. The van der Waals surface area contributed by atoms with Crippen molar-refractivity contribution in [1.82, 2.24) is 15.0 Å². The van der Waals surface area contributed by atoms with Crippen LogP contribution in [-0.2, 0) is 27.7 Å². The molecule has 0 atom stereocenters. The number of rotatable bonds is 10. The molecule has 9 nitrogen and oxygen atoms in total. The Morgan fingerprint density at radius 1 is 0.976 bits per heavy atom. The van der Waals surface area contributed by atoms with E-state index in [0.717, 1.165) is 22.3 Å². The summed E-state index contributed by atoms with van der Waals surface area (Å²) in [5, 5.41) is 3.86. The molecular weight excluding hydrogens is 540 g/mol. The van der Waals surface area contributed by atoms with Gasteiger partial charge in [0.1, 0.15) is 6.26 Å². The molecule has 0 radical (unpaired) electrons. The maximum absolute atomic E-state index is 13.6. The quantitative estimate of drug-likeness (QED) is 0.230.